The van der Waals surface area contributed by atoms with E-state index in [1.165, 1.54) is 0 Å². The van der Waals surface area contributed by atoms with Crippen LogP contribution < -0.4 is 21.7 Å². The molecule has 0 spiro atoms. The van der Waals surface area contributed by atoms with Crippen LogP contribution >= 0.6 is 23.2 Å². The van der Waals surface area contributed by atoms with Gasteiger partial charge in [0.1, 0.15) is 6.04 Å². The van der Waals surface area contributed by atoms with E-state index in [4.69, 9.17) is 28.9 Å². The van der Waals surface area contributed by atoms with E-state index in [9.17, 15) is 14.4 Å². The first-order chi connectivity index (χ1) is 18.8. The second-order valence-electron chi connectivity index (χ2n) is 10.1. The average Bonchev–Trinajstić information content (AvgIpc) is 2.93. The number of rotatable bonds is 12. The summed E-state index contributed by atoms with van der Waals surface area (Å²) in [5.74, 6) is -0.294. The smallest absolute Gasteiger partial charge is 0.315 e. The zero-order valence-electron chi connectivity index (χ0n) is 22.5. The van der Waals surface area contributed by atoms with E-state index < -0.39 is 17.5 Å². The van der Waals surface area contributed by atoms with Gasteiger partial charge in [0, 0.05) is 32.6 Å². The summed E-state index contributed by atoms with van der Waals surface area (Å²) in [7, 11) is 0. The number of nitrogens with two attached hydrogens (primary N) is 1. The molecule has 5 N–H and O–H groups in total. The largest absolute Gasteiger partial charge is 0.356 e. The van der Waals surface area contributed by atoms with Crippen molar-refractivity contribution in [3.63, 3.8) is 0 Å². The van der Waals surface area contributed by atoms with Crippen molar-refractivity contribution in [3.05, 3.63) is 69.7 Å². The van der Waals surface area contributed by atoms with E-state index in [0.717, 1.165) is 24.0 Å². The summed E-state index contributed by atoms with van der Waals surface area (Å²) in [6.07, 6.45) is 3.65. The number of halogens is 2. The summed E-state index contributed by atoms with van der Waals surface area (Å²) in [5.41, 5.74) is 6.59. The lowest BCUT2D eigenvalue weighted by Crippen LogP contribution is -2.59. The minimum Gasteiger partial charge on any atom is -0.356 e. The summed E-state index contributed by atoms with van der Waals surface area (Å²) < 4.78 is 0. The number of urea groups is 1. The molecule has 0 unspecified atom stereocenters. The van der Waals surface area contributed by atoms with Crippen molar-refractivity contribution in [3.8, 4) is 0 Å². The molecule has 2 atom stereocenters. The van der Waals surface area contributed by atoms with Crippen LogP contribution in [0.25, 0.3) is 0 Å². The molecule has 4 amide bonds. The Labute approximate surface area is 241 Å². The number of nitrogens with one attached hydrogen (secondary N) is 3. The third-order valence-electron chi connectivity index (χ3n) is 7.04. The molecule has 10 heteroatoms. The molecule has 1 fully saturated rings. The van der Waals surface area contributed by atoms with Crippen molar-refractivity contribution < 1.29 is 14.4 Å². The van der Waals surface area contributed by atoms with Crippen molar-refractivity contribution >= 4 is 41.0 Å². The highest BCUT2D eigenvalue weighted by Crippen LogP contribution is 2.35. The molecule has 0 radical (unpaired) electrons. The monoisotopic (exact) mass is 575 g/mol. The lowest BCUT2D eigenvalue weighted by molar-refractivity contribution is -0.142. The Hall–Kier alpha value is -2.81. The fourth-order valence-electron chi connectivity index (χ4n) is 5.07. The van der Waals surface area contributed by atoms with Crippen molar-refractivity contribution in [2.45, 2.75) is 51.5 Å². The van der Waals surface area contributed by atoms with E-state index in [-0.39, 0.29) is 24.8 Å². The average molecular weight is 577 g/mol. The van der Waals surface area contributed by atoms with Crippen LogP contribution in [0.5, 0.6) is 0 Å². The SMILES string of the molecule is CCNC(=O)[C@]1(Cc2ccccc2)CCCN(C(=O)[C@@H](Cc2ccc(Cl)c(Cl)c2)NC(=O)NCCCCN)C1. The molecule has 1 aliphatic rings. The maximum absolute atomic E-state index is 14.0. The van der Waals surface area contributed by atoms with E-state index in [1.54, 1.807) is 23.1 Å². The molecule has 0 aromatic heterocycles. The Morgan fingerprint density at radius 2 is 1.79 bits per heavy atom. The van der Waals surface area contributed by atoms with Crippen molar-refractivity contribution in [1.82, 2.24) is 20.9 Å². The Morgan fingerprint density at radius 3 is 2.49 bits per heavy atom. The number of nitrogens with zero attached hydrogens (tertiary/aromatic N) is 1. The fraction of sp³-hybridized carbons (Fsp3) is 0.483. The number of hydrogen-bond acceptors (Lipinski definition) is 4. The summed E-state index contributed by atoms with van der Waals surface area (Å²) in [4.78, 5) is 41.8. The lowest BCUT2D eigenvalue weighted by atomic mass is 9.74. The van der Waals surface area contributed by atoms with Gasteiger partial charge >= 0.3 is 6.03 Å². The zero-order chi connectivity index (χ0) is 28.3. The predicted octanol–water partition coefficient (Wildman–Crippen LogP) is 3.93. The minimum absolute atomic E-state index is 0.0574. The molecule has 39 heavy (non-hydrogen) atoms. The summed E-state index contributed by atoms with van der Waals surface area (Å²) in [6.45, 7) is 4.18. The number of carbonyl (C=O) groups excluding carboxylic acids is 3. The molecule has 8 nitrogen and oxygen atoms in total. The molecule has 0 saturated carbocycles. The molecule has 2 aromatic rings. The first kappa shape index (κ1) is 30.7. The second kappa shape index (κ2) is 15.1. The van der Waals surface area contributed by atoms with Gasteiger partial charge in [0.05, 0.1) is 15.5 Å². The van der Waals surface area contributed by atoms with Crippen LogP contribution in [0.15, 0.2) is 48.5 Å². The number of unbranched alkanes of at least 4 members (excludes halogenated alkanes) is 1. The normalized spacial score (nSPS) is 17.8. The molecule has 1 saturated heterocycles. The van der Waals surface area contributed by atoms with Gasteiger partial charge in [0.25, 0.3) is 0 Å². The molecular formula is C29H39Cl2N5O3. The van der Waals surface area contributed by atoms with Gasteiger partial charge in [-0.15, -0.1) is 0 Å². The maximum atomic E-state index is 14.0. The van der Waals surface area contributed by atoms with Gasteiger partial charge in [-0.3, -0.25) is 9.59 Å². The number of carbonyl (C=O) groups is 3. The van der Waals surface area contributed by atoms with E-state index in [0.29, 0.717) is 55.5 Å². The maximum Gasteiger partial charge on any atom is 0.315 e. The quantitative estimate of drug-likeness (QED) is 0.287. The van der Waals surface area contributed by atoms with Crippen molar-refractivity contribution in [2.24, 2.45) is 11.1 Å². The van der Waals surface area contributed by atoms with E-state index in [2.05, 4.69) is 16.0 Å². The van der Waals surface area contributed by atoms with E-state index in [1.807, 2.05) is 37.3 Å². The van der Waals surface area contributed by atoms with Gasteiger partial charge in [-0.1, -0.05) is 59.6 Å². The van der Waals surface area contributed by atoms with Gasteiger partial charge < -0.3 is 26.6 Å². The van der Waals surface area contributed by atoms with Gasteiger partial charge in [0.2, 0.25) is 11.8 Å². The Balaban J connectivity index is 1.83. The molecule has 3 rings (SSSR count). The molecule has 1 heterocycles. The van der Waals surface area contributed by atoms with Gasteiger partial charge in [-0.05, 0) is 68.8 Å². The fourth-order valence-corrected chi connectivity index (χ4v) is 5.39. The molecule has 2 aromatic carbocycles. The van der Waals surface area contributed by atoms with Crippen LogP contribution in [0, 0.1) is 5.41 Å². The summed E-state index contributed by atoms with van der Waals surface area (Å²) >= 11 is 12.3. The van der Waals surface area contributed by atoms with Crippen molar-refractivity contribution in [1.29, 1.82) is 0 Å². The van der Waals surface area contributed by atoms with Crippen LogP contribution in [0.1, 0.15) is 43.7 Å². The third-order valence-corrected chi connectivity index (χ3v) is 7.78. The number of likely N-dealkylation sites (tertiary alicyclic amines) is 1. The summed E-state index contributed by atoms with van der Waals surface area (Å²) in [6, 6.07) is 13.8. The molecular weight excluding hydrogens is 537 g/mol. The van der Waals surface area contributed by atoms with Crippen LogP contribution in [0.2, 0.25) is 10.0 Å². The zero-order valence-corrected chi connectivity index (χ0v) is 24.0. The van der Waals surface area contributed by atoms with Crippen LogP contribution in [-0.2, 0) is 22.4 Å². The highest BCUT2D eigenvalue weighted by molar-refractivity contribution is 6.42. The minimum atomic E-state index is -0.849. The van der Waals surface area contributed by atoms with Crippen molar-refractivity contribution in [2.75, 3.05) is 32.7 Å². The lowest BCUT2D eigenvalue weighted by Gasteiger charge is -2.43. The van der Waals surface area contributed by atoms with Crippen LogP contribution in [0.4, 0.5) is 4.79 Å². The molecule has 0 aliphatic carbocycles. The van der Waals surface area contributed by atoms with E-state index >= 15 is 0 Å². The molecule has 1 aliphatic heterocycles. The third kappa shape index (κ3) is 8.85. The number of amides is 4. The van der Waals surface area contributed by atoms with Gasteiger partial charge in [0.15, 0.2) is 0 Å². The second-order valence-corrected chi connectivity index (χ2v) is 10.9. The predicted molar refractivity (Wildman–Crippen MR) is 156 cm³/mol. The number of piperidine rings is 1. The molecule has 212 valence electrons. The highest BCUT2D eigenvalue weighted by atomic mass is 35.5. The van der Waals surface area contributed by atoms with Crippen LogP contribution in [-0.4, -0.2) is 61.5 Å². The number of benzene rings is 2. The van der Waals surface area contributed by atoms with Crippen LogP contribution in [0.3, 0.4) is 0 Å². The first-order valence-electron chi connectivity index (χ1n) is 13.6. The Kier molecular flexibility index (Phi) is 11.9. The van der Waals surface area contributed by atoms with Gasteiger partial charge in [-0.25, -0.2) is 4.79 Å². The number of hydrogen-bond donors (Lipinski definition) is 4. The highest BCUT2D eigenvalue weighted by Gasteiger charge is 2.44. The summed E-state index contributed by atoms with van der Waals surface area (Å²) in [5, 5.41) is 9.45. The standard InChI is InChI=1S/C29H39Cl2N5O3/c1-2-33-27(38)29(19-21-9-4-3-5-10-21)13-8-16-36(20-29)26(37)25(35-28(39)34-15-7-6-14-32)18-22-11-12-23(30)24(31)17-22/h3-5,9-12,17,25H,2,6-8,13-16,18-20,32H2,1H3,(H,33,38)(H2,34,35,39)/t25-,29+/m1/s1. The topological polar surface area (TPSA) is 117 Å². The molecule has 0 bridgehead atoms. The Morgan fingerprint density at radius 1 is 1.03 bits per heavy atom. The Bertz CT molecular complexity index is 1120. The van der Waals surface area contributed by atoms with Gasteiger partial charge in [-0.2, -0.15) is 0 Å². The first-order valence-corrected chi connectivity index (χ1v) is 14.3.